The Morgan fingerprint density at radius 1 is 1.25 bits per heavy atom. The second-order valence-corrected chi connectivity index (χ2v) is 6.71. The highest BCUT2D eigenvalue weighted by molar-refractivity contribution is 6.30. The summed E-state index contributed by atoms with van der Waals surface area (Å²) in [6, 6.07) is 12.6. The maximum absolute atomic E-state index is 6.35. The first-order valence-electron chi connectivity index (χ1n) is 8.44. The standard InChI is InChI=1S/C20H21ClN2O/c1-3-24-20-12(2)10-13(21)11-16(20)18-19-15(8-9-22-18)14-6-4-5-7-17(14)23-19/h4-7,10-11,18,22-23H,3,8-9H2,1-2H3. The van der Waals surface area contributed by atoms with Crippen molar-refractivity contribution in [3.8, 4) is 5.75 Å². The zero-order valence-corrected chi connectivity index (χ0v) is 14.7. The highest BCUT2D eigenvalue weighted by Gasteiger charge is 2.28. The molecular weight excluding hydrogens is 320 g/mol. The predicted octanol–water partition coefficient (Wildman–Crippen LogP) is 4.76. The first-order chi connectivity index (χ1) is 11.7. The van der Waals surface area contributed by atoms with Crippen molar-refractivity contribution in [3.63, 3.8) is 0 Å². The fourth-order valence-corrected chi connectivity index (χ4v) is 4.04. The molecule has 1 aromatic heterocycles. The molecule has 0 bridgehead atoms. The molecule has 4 rings (SSSR count). The second kappa shape index (κ2) is 6.15. The third-order valence-corrected chi connectivity index (χ3v) is 4.94. The summed E-state index contributed by atoms with van der Waals surface area (Å²) in [6.45, 7) is 5.65. The zero-order valence-electron chi connectivity index (χ0n) is 13.9. The smallest absolute Gasteiger partial charge is 0.127 e. The van der Waals surface area contributed by atoms with E-state index in [9.17, 15) is 0 Å². The van der Waals surface area contributed by atoms with Crippen molar-refractivity contribution >= 4 is 22.5 Å². The number of nitrogens with one attached hydrogen (secondary N) is 2. The molecule has 0 fully saturated rings. The van der Waals surface area contributed by atoms with E-state index < -0.39 is 0 Å². The summed E-state index contributed by atoms with van der Waals surface area (Å²) in [7, 11) is 0. The maximum atomic E-state index is 6.35. The van der Waals surface area contributed by atoms with Gasteiger partial charge in [-0.05, 0) is 49.6 Å². The summed E-state index contributed by atoms with van der Waals surface area (Å²) >= 11 is 6.35. The van der Waals surface area contributed by atoms with Gasteiger partial charge in [0.2, 0.25) is 0 Å². The minimum absolute atomic E-state index is 0.0695. The van der Waals surface area contributed by atoms with Crippen molar-refractivity contribution in [3.05, 3.63) is 63.8 Å². The largest absolute Gasteiger partial charge is 0.493 e. The number of para-hydroxylation sites is 1. The Bertz CT molecular complexity index is 900. The average molecular weight is 341 g/mol. The number of benzene rings is 2. The van der Waals surface area contributed by atoms with Crippen LogP contribution in [0.2, 0.25) is 5.02 Å². The van der Waals surface area contributed by atoms with Gasteiger partial charge in [-0.2, -0.15) is 0 Å². The van der Waals surface area contributed by atoms with E-state index in [2.05, 4.69) is 41.5 Å². The molecule has 3 aromatic rings. The molecule has 0 aliphatic carbocycles. The lowest BCUT2D eigenvalue weighted by Crippen LogP contribution is -2.31. The van der Waals surface area contributed by atoms with Gasteiger partial charge in [0.1, 0.15) is 5.75 Å². The van der Waals surface area contributed by atoms with Crippen LogP contribution in [-0.2, 0) is 6.42 Å². The van der Waals surface area contributed by atoms with Gasteiger partial charge in [0.05, 0.1) is 12.6 Å². The molecule has 1 aliphatic rings. The van der Waals surface area contributed by atoms with Gasteiger partial charge in [-0.25, -0.2) is 0 Å². The van der Waals surface area contributed by atoms with E-state index in [1.165, 1.54) is 22.2 Å². The van der Waals surface area contributed by atoms with E-state index >= 15 is 0 Å². The van der Waals surface area contributed by atoms with Crippen LogP contribution in [0.15, 0.2) is 36.4 Å². The molecule has 0 spiro atoms. The van der Waals surface area contributed by atoms with Gasteiger partial charge in [0.25, 0.3) is 0 Å². The van der Waals surface area contributed by atoms with Gasteiger partial charge in [0, 0.05) is 33.7 Å². The van der Waals surface area contributed by atoms with E-state index in [0.29, 0.717) is 6.61 Å². The molecule has 2 aromatic carbocycles. The van der Waals surface area contributed by atoms with Crippen LogP contribution in [0.5, 0.6) is 5.75 Å². The Morgan fingerprint density at radius 2 is 2.08 bits per heavy atom. The van der Waals surface area contributed by atoms with Crippen molar-refractivity contribution in [1.82, 2.24) is 10.3 Å². The highest BCUT2D eigenvalue weighted by Crippen LogP contribution is 2.39. The first-order valence-corrected chi connectivity index (χ1v) is 8.82. The summed E-state index contributed by atoms with van der Waals surface area (Å²) in [4.78, 5) is 3.61. The summed E-state index contributed by atoms with van der Waals surface area (Å²) in [5.41, 5.74) is 5.99. The van der Waals surface area contributed by atoms with Gasteiger partial charge in [-0.3, -0.25) is 0 Å². The van der Waals surface area contributed by atoms with Crippen molar-refractivity contribution in [2.24, 2.45) is 0 Å². The molecule has 0 amide bonds. The van der Waals surface area contributed by atoms with Crippen LogP contribution in [0.3, 0.4) is 0 Å². The van der Waals surface area contributed by atoms with Gasteiger partial charge in [-0.15, -0.1) is 0 Å². The summed E-state index contributed by atoms with van der Waals surface area (Å²) < 4.78 is 5.95. The summed E-state index contributed by atoms with van der Waals surface area (Å²) in [5, 5.41) is 5.70. The van der Waals surface area contributed by atoms with Gasteiger partial charge in [0.15, 0.2) is 0 Å². The number of hydrogen-bond donors (Lipinski definition) is 2. The molecule has 4 heteroatoms. The lowest BCUT2D eigenvalue weighted by molar-refractivity contribution is 0.330. The topological polar surface area (TPSA) is 37.0 Å². The Balaban J connectivity index is 1.91. The summed E-state index contributed by atoms with van der Waals surface area (Å²) in [5.74, 6) is 0.936. The average Bonchev–Trinajstić information content (AvgIpc) is 2.96. The minimum Gasteiger partial charge on any atom is -0.493 e. The second-order valence-electron chi connectivity index (χ2n) is 6.27. The zero-order chi connectivity index (χ0) is 16.7. The molecule has 1 aliphatic heterocycles. The number of aromatic amines is 1. The fourth-order valence-electron chi connectivity index (χ4n) is 3.76. The Hall–Kier alpha value is -1.97. The van der Waals surface area contributed by atoms with E-state index in [1.54, 1.807) is 0 Å². The third kappa shape index (κ3) is 2.48. The molecule has 3 nitrogen and oxygen atoms in total. The van der Waals surface area contributed by atoms with Crippen LogP contribution in [0, 0.1) is 6.92 Å². The summed E-state index contributed by atoms with van der Waals surface area (Å²) in [6.07, 6.45) is 1.03. The lowest BCUT2D eigenvalue weighted by Gasteiger charge is -2.27. The third-order valence-electron chi connectivity index (χ3n) is 4.73. The van der Waals surface area contributed by atoms with Crippen molar-refractivity contribution < 1.29 is 4.74 Å². The van der Waals surface area contributed by atoms with E-state index in [4.69, 9.17) is 16.3 Å². The van der Waals surface area contributed by atoms with Crippen LogP contribution in [0.25, 0.3) is 10.9 Å². The van der Waals surface area contributed by atoms with E-state index in [1.807, 2.05) is 19.1 Å². The van der Waals surface area contributed by atoms with Gasteiger partial charge < -0.3 is 15.0 Å². The minimum atomic E-state index is 0.0695. The molecule has 1 atom stereocenters. The quantitative estimate of drug-likeness (QED) is 0.721. The molecule has 2 heterocycles. The Morgan fingerprint density at radius 3 is 2.92 bits per heavy atom. The number of H-pyrrole nitrogens is 1. The van der Waals surface area contributed by atoms with Crippen LogP contribution < -0.4 is 10.1 Å². The molecule has 124 valence electrons. The Labute approximate surface area is 147 Å². The maximum Gasteiger partial charge on any atom is 0.127 e. The molecule has 0 radical (unpaired) electrons. The van der Waals surface area contributed by atoms with Crippen LogP contribution in [0.1, 0.15) is 35.3 Å². The monoisotopic (exact) mass is 340 g/mol. The van der Waals surface area contributed by atoms with Crippen LogP contribution in [-0.4, -0.2) is 18.1 Å². The molecule has 0 saturated heterocycles. The molecule has 1 unspecified atom stereocenters. The van der Waals surface area contributed by atoms with Crippen LogP contribution in [0.4, 0.5) is 0 Å². The number of ether oxygens (including phenoxy) is 1. The Kier molecular flexibility index (Phi) is 3.99. The number of hydrogen-bond acceptors (Lipinski definition) is 2. The predicted molar refractivity (Wildman–Crippen MR) is 99.2 cm³/mol. The van der Waals surface area contributed by atoms with Gasteiger partial charge >= 0.3 is 0 Å². The SMILES string of the molecule is CCOc1c(C)cc(Cl)cc1C1NCCc2c1[nH]c1ccccc21. The fraction of sp³-hybridized carbons (Fsp3) is 0.300. The van der Waals surface area contributed by atoms with Crippen LogP contribution >= 0.6 is 11.6 Å². The van der Waals surface area contributed by atoms with Crippen molar-refractivity contribution in [2.75, 3.05) is 13.2 Å². The molecule has 24 heavy (non-hydrogen) atoms. The first kappa shape index (κ1) is 15.6. The number of fused-ring (bicyclic) bond motifs is 3. The molecule has 2 N–H and O–H groups in total. The highest BCUT2D eigenvalue weighted by atomic mass is 35.5. The molecule has 0 saturated carbocycles. The number of aromatic nitrogens is 1. The number of aryl methyl sites for hydroxylation is 1. The number of halogens is 1. The molecular formula is C20H21ClN2O. The lowest BCUT2D eigenvalue weighted by atomic mass is 9.93. The normalized spacial score (nSPS) is 17.0. The number of rotatable bonds is 3. The van der Waals surface area contributed by atoms with Crippen molar-refractivity contribution in [1.29, 1.82) is 0 Å². The van der Waals surface area contributed by atoms with E-state index in [-0.39, 0.29) is 6.04 Å². The van der Waals surface area contributed by atoms with Gasteiger partial charge in [-0.1, -0.05) is 29.8 Å². The van der Waals surface area contributed by atoms with E-state index in [0.717, 1.165) is 34.9 Å². The van der Waals surface area contributed by atoms with Crippen molar-refractivity contribution in [2.45, 2.75) is 26.3 Å².